The lowest BCUT2D eigenvalue weighted by Gasteiger charge is -2.23. The molecule has 0 bridgehead atoms. The van der Waals surface area contributed by atoms with Crippen molar-refractivity contribution in [3.05, 3.63) is 0 Å². The van der Waals surface area contributed by atoms with Crippen molar-refractivity contribution in [2.45, 2.75) is 80.1 Å². The highest BCUT2D eigenvalue weighted by molar-refractivity contribution is 5.76. The number of unbranched alkanes of at least 4 members (excludes halogenated alkanes) is 3. The molecule has 0 aromatic carbocycles. The van der Waals surface area contributed by atoms with E-state index in [1.165, 1.54) is 25.7 Å². The lowest BCUT2D eigenvalue weighted by Crippen LogP contribution is -2.33. The summed E-state index contributed by atoms with van der Waals surface area (Å²) in [5, 5.41) is 0. The monoisotopic (exact) mass is 269 g/mol. The van der Waals surface area contributed by atoms with Gasteiger partial charge in [0, 0.05) is 19.5 Å². The molecule has 0 aliphatic rings. The zero-order chi connectivity index (χ0) is 14.9. The summed E-state index contributed by atoms with van der Waals surface area (Å²) in [6, 6.07) is 0. The molecule has 0 heterocycles. The molecular formula is C17H35NO. The maximum Gasteiger partial charge on any atom is 0.222 e. The Hall–Kier alpha value is -0.530. The first-order chi connectivity index (χ1) is 8.76. The van der Waals surface area contributed by atoms with Gasteiger partial charge >= 0.3 is 0 Å². The highest BCUT2D eigenvalue weighted by Gasteiger charge is 2.12. The van der Waals surface area contributed by atoms with Gasteiger partial charge in [0.1, 0.15) is 0 Å². The lowest BCUT2D eigenvalue weighted by molar-refractivity contribution is -0.131. The van der Waals surface area contributed by atoms with Crippen molar-refractivity contribution < 1.29 is 4.79 Å². The van der Waals surface area contributed by atoms with Crippen LogP contribution in [-0.4, -0.2) is 23.9 Å². The average molecular weight is 269 g/mol. The molecule has 0 aromatic heterocycles. The van der Waals surface area contributed by atoms with E-state index in [2.05, 4.69) is 41.5 Å². The number of hydrogen-bond acceptors (Lipinski definition) is 1. The Labute approximate surface area is 120 Å². The zero-order valence-electron chi connectivity index (χ0n) is 14.1. The Morgan fingerprint density at radius 3 is 2.11 bits per heavy atom. The van der Waals surface area contributed by atoms with Gasteiger partial charge in [-0.1, -0.05) is 53.9 Å². The van der Waals surface area contributed by atoms with Crippen LogP contribution in [0.25, 0.3) is 0 Å². The predicted molar refractivity (Wildman–Crippen MR) is 84.2 cm³/mol. The third-order valence-electron chi connectivity index (χ3n) is 3.39. The predicted octanol–water partition coefficient (Wildman–Crippen LogP) is 4.88. The van der Waals surface area contributed by atoms with E-state index < -0.39 is 0 Å². The van der Waals surface area contributed by atoms with E-state index in [0.29, 0.717) is 17.2 Å². The molecule has 0 rings (SSSR count). The standard InChI is InChI=1S/C17H35NO/c1-7-18(14-15(2)3)16(19)12-10-8-9-11-13-17(4,5)6/h15H,7-14H2,1-6H3. The zero-order valence-corrected chi connectivity index (χ0v) is 14.1. The quantitative estimate of drug-likeness (QED) is 0.546. The van der Waals surface area contributed by atoms with Gasteiger partial charge in [0.15, 0.2) is 0 Å². The molecule has 0 saturated heterocycles. The third-order valence-corrected chi connectivity index (χ3v) is 3.39. The maximum absolute atomic E-state index is 12.0. The van der Waals surface area contributed by atoms with Gasteiger partial charge in [-0.15, -0.1) is 0 Å². The number of carbonyl (C=O) groups is 1. The Bertz CT molecular complexity index is 240. The summed E-state index contributed by atoms with van der Waals surface area (Å²) in [4.78, 5) is 14.0. The van der Waals surface area contributed by atoms with E-state index in [-0.39, 0.29) is 0 Å². The molecule has 0 saturated carbocycles. The van der Waals surface area contributed by atoms with Gasteiger partial charge in [0.25, 0.3) is 0 Å². The Balaban J connectivity index is 3.67. The highest BCUT2D eigenvalue weighted by atomic mass is 16.2. The van der Waals surface area contributed by atoms with Gasteiger partial charge in [-0.25, -0.2) is 0 Å². The molecular weight excluding hydrogens is 234 g/mol. The fourth-order valence-corrected chi connectivity index (χ4v) is 2.29. The first-order valence-electron chi connectivity index (χ1n) is 8.04. The van der Waals surface area contributed by atoms with E-state index in [9.17, 15) is 4.79 Å². The van der Waals surface area contributed by atoms with E-state index in [4.69, 9.17) is 0 Å². The SMILES string of the molecule is CCN(CC(C)C)C(=O)CCCCCCC(C)(C)C. The van der Waals surface area contributed by atoms with Gasteiger partial charge in [0.2, 0.25) is 5.91 Å². The minimum absolute atomic E-state index is 0.340. The molecule has 0 N–H and O–H groups in total. The van der Waals surface area contributed by atoms with E-state index in [1.54, 1.807) is 0 Å². The van der Waals surface area contributed by atoms with Crippen molar-refractivity contribution in [3.8, 4) is 0 Å². The first-order valence-corrected chi connectivity index (χ1v) is 8.04. The van der Waals surface area contributed by atoms with Gasteiger partial charge < -0.3 is 4.90 Å². The topological polar surface area (TPSA) is 20.3 Å². The number of hydrogen-bond donors (Lipinski definition) is 0. The molecule has 0 fully saturated rings. The summed E-state index contributed by atoms with van der Waals surface area (Å²) in [5.41, 5.74) is 0.450. The third kappa shape index (κ3) is 11.0. The van der Waals surface area contributed by atoms with Crippen LogP contribution in [0.2, 0.25) is 0 Å². The Morgan fingerprint density at radius 1 is 1.05 bits per heavy atom. The van der Waals surface area contributed by atoms with Crippen molar-refractivity contribution in [2.75, 3.05) is 13.1 Å². The molecule has 0 atom stereocenters. The molecule has 0 aromatic rings. The molecule has 114 valence electrons. The van der Waals surface area contributed by atoms with Crippen LogP contribution in [0, 0.1) is 11.3 Å². The molecule has 0 spiro atoms. The molecule has 0 radical (unpaired) electrons. The van der Waals surface area contributed by atoms with Crippen molar-refractivity contribution in [1.82, 2.24) is 4.90 Å². The average Bonchev–Trinajstić information content (AvgIpc) is 2.28. The lowest BCUT2D eigenvalue weighted by atomic mass is 9.89. The van der Waals surface area contributed by atoms with Crippen LogP contribution in [0.4, 0.5) is 0 Å². The number of rotatable bonds is 9. The smallest absolute Gasteiger partial charge is 0.222 e. The van der Waals surface area contributed by atoms with Gasteiger partial charge in [-0.3, -0.25) is 4.79 Å². The fourth-order valence-electron chi connectivity index (χ4n) is 2.29. The van der Waals surface area contributed by atoms with Crippen LogP contribution in [0.5, 0.6) is 0 Å². The number of amides is 1. The van der Waals surface area contributed by atoms with Crippen LogP contribution >= 0.6 is 0 Å². The molecule has 0 unspecified atom stereocenters. The van der Waals surface area contributed by atoms with Gasteiger partial charge in [0.05, 0.1) is 0 Å². The molecule has 2 heteroatoms. The molecule has 19 heavy (non-hydrogen) atoms. The van der Waals surface area contributed by atoms with Gasteiger partial charge in [-0.05, 0) is 31.1 Å². The highest BCUT2D eigenvalue weighted by Crippen LogP contribution is 2.22. The molecule has 2 nitrogen and oxygen atoms in total. The summed E-state index contributed by atoms with van der Waals surface area (Å²) in [6.07, 6.45) is 6.83. The van der Waals surface area contributed by atoms with Crippen LogP contribution in [0.3, 0.4) is 0 Å². The first kappa shape index (κ1) is 18.5. The summed E-state index contributed by atoms with van der Waals surface area (Å²) in [6.45, 7) is 15.0. The Kier molecular flexibility index (Phi) is 9.12. The second kappa shape index (κ2) is 9.39. The number of carbonyl (C=O) groups excluding carboxylic acids is 1. The van der Waals surface area contributed by atoms with Crippen molar-refractivity contribution in [3.63, 3.8) is 0 Å². The summed E-state index contributed by atoms with van der Waals surface area (Å²) < 4.78 is 0. The van der Waals surface area contributed by atoms with Crippen LogP contribution in [0.15, 0.2) is 0 Å². The van der Waals surface area contributed by atoms with Gasteiger partial charge in [-0.2, -0.15) is 0 Å². The van der Waals surface area contributed by atoms with E-state index >= 15 is 0 Å². The molecule has 0 aliphatic heterocycles. The minimum Gasteiger partial charge on any atom is -0.343 e. The minimum atomic E-state index is 0.340. The van der Waals surface area contributed by atoms with Crippen LogP contribution < -0.4 is 0 Å². The second-order valence-corrected chi connectivity index (χ2v) is 7.30. The largest absolute Gasteiger partial charge is 0.343 e. The summed E-state index contributed by atoms with van der Waals surface area (Å²) in [7, 11) is 0. The summed E-state index contributed by atoms with van der Waals surface area (Å²) >= 11 is 0. The summed E-state index contributed by atoms with van der Waals surface area (Å²) in [5.74, 6) is 0.905. The molecule has 0 aliphatic carbocycles. The fraction of sp³-hybridized carbons (Fsp3) is 0.941. The maximum atomic E-state index is 12.0. The second-order valence-electron chi connectivity index (χ2n) is 7.30. The molecule has 1 amide bonds. The van der Waals surface area contributed by atoms with E-state index in [1.807, 2.05) is 4.90 Å². The van der Waals surface area contributed by atoms with Crippen molar-refractivity contribution >= 4 is 5.91 Å². The number of nitrogens with zero attached hydrogens (tertiary/aromatic N) is 1. The van der Waals surface area contributed by atoms with Crippen LogP contribution in [0.1, 0.15) is 80.1 Å². The Morgan fingerprint density at radius 2 is 1.63 bits per heavy atom. The normalized spacial score (nSPS) is 11.9. The van der Waals surface area contributed by atoms with E-state index in [0.717, 1.165) is 25.9 Å². The van der Waals surface area contributed by atoms with Crippen LogP contribution in [-0.2, 0) is 4.79 Å². The van der Waals surface area contributed by atoms with Crippen molar-refractivity contribution in [2.24, 2.45) is 11.3 Å². The van der Waals surface area contributed by atoms with Crippen molar-refractivity contribution in [1.29, 1.82) is 0 Å².